The summed E-state index contributed by atoms with van der Waals surface area (Å²) in [6, 6.07) is 8.15. The Balaban J connectivity index is 2.29. The molecule has 0 heterocycles. The van der Waals surface area contributed by atoms with Crippen molar-refractivity contribution in [2.75, 3.05) is 7.11 Å². The Morgan fingerprint density at radius 1 is 1.04 bits per heavy atom. The van der Waals surface area contributed by atoms with E-state index in [1.54, 1.807) is 30.5 Å². The first kappa shape index (κ1) is 17.6. The number of rotatable bonds is 4. The Kier molecular flexibility index (Phi) is 5.88. The van der Waals surface area contributed by atoms with Gasteiger partial charge >= 0.3 is 5.97 Å². The predicted molar refractivity (Wildman–Crippen MR) is 93.0 cm³/mol. The van der Waals surface area contributed by atoms with E-state index in [0.717, 1.165) is 5.56 Å². The van der Waals surface area contributed by atoms with Crippen molar-refractivity contribution < 1.29 is 14.3 Å². The van der Waals surface area contributed by atoms with Crippen molar-refractivity contribution in [1.82, 2.24) is 0 Å². The van der Waals surface area contributed by atoms with Gasteiger partial charge in [0.25, 0.3) is 0 Å². The van der Waals surface area contributed by atoms with Gasteiger partial charge in [-0.15, -0.1) is 0 Å². The van der Waals surface area contributed by atoms with E-state index in [2.05, 4.69) is 4.99 Å². The molecule has 0 bridgehead atoms. The zero-order chi connectivity index (χ0) is 17.0. The SMILES string of the molecule is COc1cc(C=Nc2cc(Cl)c(Cl)cc2Cl)ccc1OC(C)=O. The van der Waals surface area contributed by atoms with Gasteiger partial charge in [0.1, 0.15) is 0 Å². The third kappa shape index (κ3) is 4.61. The second-order valence-electron chi connectivity index (χ2n) is 4.48. The average Bonchev–Trinajstić information content (AvgIpc) is 2.50. The molecule has 0 spiro atoms. The van der Waals surface area contributed by atoms with Gasteiger partial charge in [-0.25, -0.2) is 0 Å². The monoisotopic (exact) mass is 371 g/mol. The topological polar surface area (TPSA) is 47.9 Å². The third-order valence-electron chi connectivity index (χ3n) is 2.78. The van der Waals surface area contributed by atoms with Crippen LogP contribution in [0.25, 0.3) is 0 Å². The van der Waals surface area contributed by atoms with Gasteiger partial charge in [0.05, 0.1) is 27.9 Å². The maximum absolute atomic E-state index is 11.0. The number of aliphatic imine (C=N–C) groups is 1. The zero-order valence-electron chi connectivity index (χ0n) is 12.3. The number of esters is 1. The van der Waals surface area contributed by atoms with Crippen LogP contribution in [0.15, 0.2) is 35.3 Å². The van der Waals surface area contributed by atoms with E-state index in [1.807, 2.05) is 0 Å². The molecule has 0 aliphatic rings. The Hall–Kier alpha value is -1.75. The van der Waals surface area contributed by atoms with Crippen LogP contribution in [-0.4, -0.2) is 19.3 Å². The molecular weight excluding hydrogens is 361 g/mol. The van der Waals surface area contributed by atoms with Gasteiger partial charge < -0.3 is 9.47 Å². The van der Waals surface area contributed by atoms with Crippen LogP contribution in [-0.2, 0) is 4.79 Å². The molecule has 0 N–H and O–H groups in total. The van der Waals surface area contributed by atoms with E-state index in [-0.39, 0.29) is 0 Å². The van der Waals surface area contributed by atoms with Crippen LogP contribution in [0.3, 0.4) is 0 Å². The van der Waals surface area contributed by atoms with E-state index in [9.17, 15) is 4.79 Å². The summed E-state index contributed by atoms with van der Waals surface area (Å²) in [6.45, 7) is 1.32. The Labute approximate surface area is 148 Å². The number of hydrogen-bond donors (Lipinski definition) is 0. The number of carbonyl (C=O) groups is 1. The van der Waals surface area contributed by atoms with Crippen LogP contribution in [0.5, 0.6) is 11.5 Å². The first-order valence-electron chi connectivity index (χ1n) is 6.45. The zero-order valence-corrected chi connectivity index (χ0v) is 14.5. The first-order chi connectivity index (χ1) is 10.9. The van der Waals surface area contributed by atoms with Gasteiger partial charge in [-0.1, -0.05) is 34.8 Å². The third-order valence-corrected chi connectivity index (χ3v) is 3.81. The summed E-state index contributed by atoms with van der Waals surface area (Å²) >= 11 is 17.9. The van der Waals surface area contributed by atoms with Crippen molar-refractivity contribution >= 4 is 52.7 Å². The molecule has 4 nitrogen and oxygen atoms in total. The second kappa shape index (κ2) is 7.68. The predicted octanol–water partition coefficient (Wildman–Crippen LogP) is 5.33. The lowest BCUT2D eigenvalue weighted by Crippen LogP contribution is -2.03. The first-order valence-corrected chi connectivity index (χ1v) is 7.59. The van der Waals surface area contributed by atoms with E-state index in [4.69, 9.17) is 44.3 Å². The largest absolute Gasteiger partial charge is 0.493 e. The summed E-state index contributed by atoms with van der Waals surface area (Å²) in [4.78, 5) is 15.3. The summed E-state index contributed by atoms with van der Waals surface area (Å²) in [6.07, 6.45) is 1.59. The van der Waals surface area contributed by atoms with Crippen LogP contribution in [0.4, 0.5) is 5.69 Å². The molecule has 2 aromatic rings. The molecule has 0 unspecified atom stereocenters. The second-order valence-corrected chi connectivity index (χ2v) is 5.70. The lowest BCUT2D eigenvalue weighted by atomic mass is 10.2. The molecule has 0 aliphatic heterocycles. The normalized spacial score (nSPS) is 10.8. The molecule has 23 heavy (non-hydrogen) atoms. The van der Waals surface area contributed by atoms with E-state index in [1.165, 1.54) is 20.1 Å². The summed E-state index contributed by atoms with van der Waals surface area (Å²) in [5.74, 6) is 0.335. The van der Waals surface area contributed by atoms with Crippen molar-refractivity contribution in [2.45, 2.75) is 6.92 Å². The van der Waals surface area contributed by atoms with Crippen LogP contribution >= 0.6 is 34.8 Å². The Bertz CT molecular complexity index is 775. The molecule has 0 saturated carbocycles. The fourth-order valence-electron chi connectivity index (χ4n) is 1.76. The van der Waals surface area contributed by atoms with Gasteiger partial charge in [0, 0.05) is 13.1 Å². The smallest absolute Gasteiger partial charge is 0.308 e. The maximum atomic E-state index is 11.0. The maximum Gasteiger partial charge on any atom is 0.308 e. The lowest BCUT2D eigenvalue weighted by Gasteiger charge is -2.08. The Morgan fingerprint density at radius 3 is 2.39 bits per heavy atom. The van der Waals surface area contributed by atoms with Crippen molar-refractivity contribution in [3.63, 3.8) is 0 Å². The van der Waals surface area contributed by atoms with Crippen molar-refractivity contribution in [2.24, 2.45) is 4.99 Å². The minimum absolute atomic E-state index is 0.338. The highest BCUT2D eigenvalue weighted by atomic mass is 35.5. The molecule has 2 aromatic carbocycles. The summed E-state index contributed by atoms with van der Waals surface area (Å²) < 4.78 is 10.2. The number of halogens is 3. The molecule has 0 aliphatic carbocycles. The van der Waals surface area contributed by atoms with E-state index < -0.39 is 5.97 Å². The minimum atomic E-state index is -0.424. The molecule has 0 radical (unpaired) electrons. The molecule has 2 rings (SSSR count). The number of carbonyl (C=O) groups excluding carboxylic acids is 1. The van der Waals surface area contributed by atoms with E-state index in [0.29, 0.717) is 32.3 Å². The molecule has 7 heteroatoms. The highest BCUT2D eigenvalue weighted by Gasteiger charge is 2.08. The van der Waals surface area contributed by atoms with Gasteiger partial charge in [-0.05, 0) is 35.9 Å². The quantitative estimate of drug-likeness (QED) is 0.315. The van der Waals surface area contributed by atoms with Gasteiger partial charge in [0.15, 0.2) is 11.5 Å². The van der Waals surface area contributed by atoms with Crippen molar-refractivity contribution in [1.29, 1.82) is 0 Å². The molecular formula is C16H12Cl3NO3. The molecule has 0 atom stereocenters. The number of nitrogens with zero attached hydrogens (tertiary/aromatic N) is 1. The average molecular weight is 373 g/mol. The lowest BCUT2D eigenvalue weighted by molar-refractivity contribution is -0.132. The summed E-state index contributed by atoms with van der Waals surface area (Å²) in [5.41, 5.74) is 1.23. The molecule has 0 amide bonds. The van der Waals surface area contributed by atoms with Crippen LogP contribution in [0.1, 0.15) is 12.5 Å². The number of hydrogen-bond acceptors (Lipinski definition) is 4. The minimum Gasteiger partial charge on any atom is -0.493 e. The molecule has 0 aromatic heterocycles. The Morgan fingerprint density at radius 2 is 1.74 bits per heavy atom. The van der Waals surface area contributed by atoms with Gasteiger partial charge in [-0.2, -0.15) is 0 Å². The summed E-state index contributed by atoms with van der Waals surface area (Å²) in [5, 5.41) is 1.12. The van der Waals surface area contributed by atoms with Gasteiger partial charge in [0.2, 0.25) is 0 Å². The van der Waals surface area contributed by atoms with Crippen LogP contribution < -0.4 is 9.47 Å². The fraction of sp³-hybridized carbons (Fsp3) is 0.125. The highest BCUT2D eigenvalue weighted by molar-refractivity contribution is 6.43. The van der Waals surface area contributed by atoms with Crippen LogP contribution in [0, 0.1) is 0 Å². The van der Waals surface area contributed by atoms with Crippen LogP contribution in [0.2, 0.25) is 15.1 Å². The van der Waals surface area contributed by atoms with E-state index >= 15 is 0 Å². The highest BCUT2D eigenvalue weighted by Crippen LogP contribution is 2.34. The van der Waals surface area contributed by atoms with Crippen molar-refractivity contribution in [3.05, 3.63) is 51.0 Å². The molecule has 120 valence electrons. The molecule has 0 fully saturated rings. The van der Waals surface area contributed by atoms with Crippen molar-refractivity contribution in [3.8, 4) is 11.5 Å². The fourth-order valence-corrected chi connectivity index (χ4v) is 2.35. The standard InChI is InChI=1S/C16H12Cl3NO3/c1-9(21)23-15-4-3-10(5-16(15)22-2)8-20-14-7-12(18)11(17)6-13(14)19/h3-8H,1-2H3. The summed E-state index contributed by atoms with van der Waals surface area (Å²) in [7, 11) is 1.49. The molecule has 0 saturated heterocycles. The number of methoxy groups -OCH3 is 1. The number of benzene rings is 2. The number of ether oxygens (including phenoxy) is 2. The van der Waals surface area contributed by atoms with Gasteiger partial charge in [-0.3, -0.25) is 9.79 Å².